The lowest BCUT2D eigenvalue weighted by molar-refractivity contribution is 0.631. The molecule has 2 aromatic heterocycles. The number of aromatic nitrogens is 2. The summed E-state index contributed by atoms with van der Waals surface area (Å²) in [6.07, 6.45) is 0. The van der Waals surface area contributed by atoms with Crippen LogP contribution in [0.3, 0.4) is 0 Å². The van der Waals surface area contributed by atoms with Crippen molar-refractivity contribution >= 4 is 72.2 Å². The quantitative estimate of drug-likeness (QED) is 0.164. The Hall–Kier alpha value is -5.54. The molecule has 48 heavy (non-hydrogen) atoms. The fourth-order valence-corrected chi connectivity index (χ4v) is 10.3. The minimum Gasteiger partial charge on any atom is -0.375 e. The summed E-state index contributed by atoms with van der Waals surface area (Å²) < 4.78 is 5.40. The molecule has 7 aromatic carbocycles. The van der Waals surface area contributed by atoms with Crippen molar-refractivity contribution in [1.82, 2.24) is 9.05 Å². The zero-order valence-electron chi connectivity index (χ0n) is 27.4. The monoisotopic (exact) mass is 610 g/mol. The molecule has 0 aliphatic carbocycles. The van der Waals surface area contributed by atoms with Crippen molar-refractivity contribution in [3.8, 4) is 27.9 Å². The second-order valence-electron chi connectivity index (χ2n) is 15.0. The maximum Gasteiger partial charge on any atom is 0.333 e. The second-order valence-corrected chi connectivity index (χ2v) is 15.0. The largest absolute Gasteiger partial charge is 0.375 e. The molecule has 0 atom stereocenters. The Morgan fingerprint density at radius 2 is 1.27 bits per heavy atom. The Balaban J connectivity index is 1.40. The number of nitrogens with zero attached hydrogens (tertiary/aromatic N) is 2. The van der Waals surface area contributed by atoms with E-state index < -0.39 is 0 Å². The van der Waals surface area contributed by atoms with E-state index in [-0.39, 0.29) is 12.3 Å². The van der Waals surface area contributed by atoms with Crippen LogP contribution >= 0.6 is 0 Å². The zero-order valence-corrected chi connectivity index (χ0v) is 27.4. The molecule has 3 aliphatic rings. The van der Waals surface area contributed by atoms with Gasteiger partial charge in [0.05, 0.1) is 11.0 Å². The van der Waals surface area contributed by atoms with Crippen LogP contribution in [-0.2, 0) is 5.41 Å². The van der Waals surface area contributed by atoms with E-state index in [1.807, 2.05) is 0 Å². The van der Waals surface area contributed by atoms with Gasteiger partial charge < -0.3 is 9.05 Å². The third kappa shape index (κ3) is 2.68. The molecule has 0 radical (unpaired) electrons. The molecule has 0 amide bonds. The molecule has 0 saturated heterocycles. The number of fused-ring (bicyclic) bond motifs is 8. The summed E-state index contributed by atoms with van der Waals surface area (Å²) in [6, 6.07) is 44.2. The van der Waals surface area contributed by atoms with E-state index in [4.69, 9.17) is 0 Å². The summed E-state index contributed by atoms with van der Waals surface area (Å²) in [7, 11) is 0. The number of hydrogen-bond donors (Lipinski definition) is 0. The highest BCUT2D eigenvalue weighted by Crippen LogP contribution is 2.53. The average molecular weight is 611 g/mol. The van der Waals surface area contributed by atoms with Crippen molar-refractivity contribution in [1.29, 1.82) is 0 Å². The van der Waals surface area contributed by atoms with Gasteiger partial charge in [-0.3, -0.25) is 0 Å². The zero-order chi connectivity index (χ0) is 31.8. The molecule has 224 valence electrons. The van der Waals surface area contributed by atoms with Crippen LogP contribution in [0.5, 0.6) is 0 Å². The number of hydrogen-bond acceptors (Lipinski definition) is 0. The highest BCUT2D eigenvalue weighted by molar-refractivity contribution is 6.90. The molecule has 0 fully saturated rings. The second kappa shape index (κ2) is 8.12. The SMILES string of the molecule is Cc1cccc(C)c1-c1cc2c3c4c1c1cccc5c1n4-c1c(cccc1C5(C)C)B3n1c3cc4ccccc4cc3c3cccc-2c31. The molecular formula is C45H31BN2. The van der Waals surface area contributed by atoms with Crippen molar-refractivity contribution in [2.45, 2.75) is 33.1 Å². The first-order chi connectivity index (χ1) is 23.4. The third-order valence-electron chi connectivity index (χ3n) is 12.3. The van der Waals surface area contributed by atoms with E-state index in [0.717, 1.165) is 0 Å². The maximum atomic E-state index is 2.71. The molecule has 12 rings (SSSR count). The summed E-state index contributed by atoms with van der Waals surface area (Å²) in [4.78, 5) is 0. The molecule has 3 heteroatoms. The van der Waals surface area contributed by atoms with Crippen molar-refractivity contribution in [2.75, 3.05) is 0 Å². The molecule has 0 bridgehead atoms. The summed E-state index contributed by atoms with van der Waals surface area (Å²) in [5.41, 5.74) is 20.4. The van der Waals surface area contributed by atoms with Crippen LogP contribution in [0, 0.1) is 13.8 Å². The molecule has 0 N–H and O–H groups in total. The number of para-hydroxylation sites is 3. The standard InChI is InChI=1S/C45H31BN2/c1-24-11-7-12-25(2)38(24)33-23-32-29-16-8-15-28-31-21-26-13-5-6-14-27(26)22-37(31)48(41(28)29)46-36-20-10-19-35-43(36)47-42-30(39(33)44(47)40(32)46)17-9-18-34(42)45(35,3)4/h5-23H,1-4H3. The molecule has 2 nitrogen and oxygen atoms in total. The number of rotatable bonds is 1. The minimum atomic E-state index is -0.134. The molecule has 0 spiro atoms. The first kappa shape index (κ1) is 25.5. The fraction of sp³-hybridized carbons (Fsp3) is 0.111. The minimum absolute atomic E-state index is 0.0645. The Morgan fingerprint density at radius 1 is 0.562 bits per heavy atom. The van der Waals surface area contributed by atoms with E-state index in [1.165, 1.54) is 116 Å². The van der Waals surface area contributed by atoms with Gasteiger partial charge in [-0.1, -0.05) is 111 Å². The summed E-state index contributed by atoms with van der Waals surface area (Å²) in [5, 5.41) is 8.02. The van der Waals surface area contributed by atoms with Crippen molar-refractivity contribution in [2.24, 2.45) is 0 Å². The average Bonchev–Trinajstić information content (AvgIpc) is 3.61. The van der Waals surface area contributed by atoms with Crippen molar-refractivity contribution in [3.63, 3.8) is 0 Å². The Bertz CT molecular complexity index is 2980. The van der Waals surface area contributed by atoms with Crippen LogP contribution in [0.25, 0.3) is 82.3 Å². The van der Waals surface area contributed by atoms with Gasteiger partial charge in [0.25, 0.3) is 0 Å². The summed E-state index contributed by atoms with van der Waals surface area (Å²) in [5.74, 6) is 0. The van der Waals surface area contributed by atoms with E-state index in [1.54, 1.807) is 0 Å². The molecule has 0 unspecified atom stereocenters. The van der Waals surface area contributed by atoms with Gasteiger partial charge in [-0.25, -0.2) is 0 Å². The highest BCUT2D eigenvalue weighted by atomic mass is 15.0. The number of benzene rings is 7. The van der Waals surface area contributed by atoms with Gasteiger partial charge >= 0.3 is 6.85 Å². The molecular weight excluding hydrogens is 579 g/mol. The van der Waals surface area contributed by atoms with Gasteiger partial charge in [-0.15, -0.1) is 0 Å². The van der Waals surface area contributed by atoms with Crippen LogP contribution in [0.4, 0.5) is 0 Å². The maximum absolute atomic E-state index is 2.71. The van der Waals surface area contributed by atoms with E-state index in [9.17, 15) is 0 Å². The Kier molecular flexibility index (Phi) is 4.32. The van der Waals surface area contributed by atoms with Gasteiger partial charge in [0.2, 0.25) is 0 Å². The van der Waals surface area contributed by atoms with Crippen LogP contribution in [0.2, 0.25) is 0 Å². The van der Waals surface area contributed by atoms with Gasteiger partial charge in [-0.2, -0.15) is 0 Å². The first-order valence-electron chi connectivity index (χ1n) is 17.2. The van der Waals surface area contributed by atoms with Gasteiger partial charge in [0.15, 0.2) is 0 Å². The highest BCUT2D eigenvalue weighted by Gasteiger charge is 2.46. The lowest BCUT2D eigenvalue weighted by Gasteiger charge is -2.40. The van der Waals surface area contributed by atoms with Gasteiger partial charge in [-0.05, 0) is 92.7 Å². The van der Waals surface area contributed by atoms with Gasteiger partial charge in [0.1, 0.15) is 0 Å². The predicted molar refractivity (Wildman–Crippen MR) is 204 cm³/mol. The normalized spacial score (nSPS) is 14.8. The Labute approximate surface area is 279 Å². The van der Waals surface area contributed by atoms with Gasteiger partial charge in [0, 0.05) is 49.2 Å². The molecule has 0 saturated carbocycles. The predicted octanol–water partition coefficient (Wildman–Crippen LogP) is 9.92. The third-order valence-corrected chi connectivity index (χ3v) is 12.3. The molecule has 9 aromatic rings. The van der Waals surface area contributed by atoms with Crippen molar-refractivity contribution in [3.05, 3.63) is 138 Å². The van der Waals surface area contributed by atoms with Crippen LogP contribution in [0.15, 0.2) is 115 Å². The van der Waals surface area contributed by atoms with E-state index >= 15 is 0 Å². The lowest BCUT2D eigenvalue weighted by atomic mass is 9.45. The smallest absolute Gasteiger partial charge is 0.333 e. The molecule has 3 aliphatic heterocycles. The van der Waals surface area contributed by atoms with Crippen LogP contribution in [-0.4, -0.2) is 15.9 Å². The van der Waals surface area contributed by atoms with Crippen LogP contribution in [0.1, 0.15) is 36.1 Å². The molecule has 5 heterocycles. The fourth-order valence-electron chi connectivity index (χ4n) is 10.3. The summed E-state index contributed by atoms with van der Waals surface area (Å²) >= 11 is 0. The van der Waals surface area contributed by atoms with E-state index in [0.29, 0.717) is 0 Å². The number of aryl methyl sites for hydroxylation is 2. The lowest BCUT2D eigenvalue weighted by Crippen LogP contribution is -2.56. The topological polar surface area (TPSA) is 9.86 Å². The van der Waals surface area contributed by atoms with Crippen molar-refractivity contribution < 1.29 is 0 Å². The van der Waals surface area contributed by atoms with Crippen LogP contribution < -0.4 is 10.9 Å². The summed E-state index contributed by atoms with van der Waals surface area (Å²) in [6.45, 7) is 9.49. The Morgan fingerprint density at radius 3 is 2.10 bits per heavy atom. The van der Waals surface area contributed by atoms with E-state index in [2.05, 4.69) is 152 Å². The first-order valence-corrected chi connectivity index (χ1v) is 17.2.